The molecule has 21 heavy (non-hydrogen) atoms. The molecule has 1 rings (SSSR count). The molecule has 0 atom stereocenters. The standard InChI is InChI=1S/C17H29N3O/c1-4-11-20(12-15-7-5-6-8-16(15)18)13-17(21)19-10-9-14(2)3/h5-8,14H,4,9-13,18H2,1-3H3,(H,19,21). The molecule has 0 aromatic heterocycles. The van der Waals surface area contributed by atoms with Crippen LogP contribution in [0.1, 0.15) is 39.2 Å². The SMILES string of the molecule is CCCN(CC(=O)NCCC(C)C)Cc1ccccc1N. The van der Waals surface area contributed by atoms with E-state index in [4.69, 9.17) is 5.73 Å². The van der Waals surface area contributed by atoms with Crippen molar-refractivity contribution in [3.8, 4) is 0 Å². The van der Waals surface area contributed by atoms with E-state index in [0.29, 0.717) is 12.5 Å². The highest BCUT2D eigenvalue weighted by Crippen LogP contribution is 2.13. The number of nitrogens with zero attached hydrogens (tertiary/aromatic N) is 1. The van der Waals surface area contributed by atoms with E-state index in [1.807, 2.05) is 24.3 Å². The van der Waals surface area contributed by atoms with Crippen molar-refractivity contribution in [1.29, 1.82) is 0 Å². The van der Waals surface area contributed by atoms with Crippen LogP contribution in [0.4, 0.5) is 5.69 Å². The topological polar surface area (TPSA) is 58.4 Å². The molecule has 1 aromatic rings. The molecule has 3 N–H and O–H groups in total. The van der Waals surface area contributed by atoms with Gasteiger partial charge >= 0.3 is 0 Å². The number of carbonyl (C=O) groups is 1. The first-order valence-corrected chi connectivity index (χ1v) is 7.85. The number of nitrogens with two attached hydrogens (primary N) is 1. The minimum absolute atomic E-state index is 0.0959. The molecule has 0 unspecified atom stereocenters. The van der Waals surface area contributed by atoms with Gasteiger partial charge in [-0.1, -0.05) is 39.0 Å². The first-order chi connectivity index (χ1) is 10.0. The van der Waals surface area contributed by atoms with Gasteiger partial charge in [0.15, 0.2) is 0 Å². The molecule has 4 heteroatoms. The Morgan fingerprint density at radius 1 is 1.33 bits per heavy atom. The highest BCUT2D eigenvalue weighted by molar-refractivity contribution is 5.78. The third kappa shape index (κ3) is 7.14. The van der Waals surface area contributed by atoms with E-state index in [9.17, 15) is 4.79 Å². The summed E-state index contributed by atoms with van der Waals surface area (Å²) in [5, 5.41) is 2.99. The molecule has 0 saturated heterocycles. The summed E-state index contributed by atoms with van der Waals surface area (Å²) < 4.78 is 0. The van der Waals surface area contributed by atoms with Crippen LogP contribution in [0.15, 0.2) is 24.3 Å². The molecule has 0 heterocycles. The molecule has 118 valence electrons. The van der Waals surface area contributed by atoms with Crippen molar-refractivity contribution in [1.82, 2.24) is 10.2 Å². The molecule has 0 aliphatic carbocycles. The summed E-state index contributed by atoms with van der Waals surface area (Å²) in [7, 11) is 0. The summed E-state index contributed by atoms with van der Waals surface area (Å²) >= 11 is 0. The van der Waals surface area contributed by atoms with Crippen molar-refractivity contribution in [3.05, 3.63) is 29.8 Å². The number of hydrogen-bond acceptors (Lipinski definition) is 3. The van der Waals surface area contributed by atoms with Gasteiger partial charge in [-0.2, -0.15) is 0 Å². The molecule has 0 fully saturated rings. The second-order valence-electron chi connectivity index (χ2n) is 5.94. The van der Waals surface area contributed by atoms with Gasteiger partial charge in [-0.3, -0.25) is 9.69 Å². The summed E-state index contributed by atoms with van der Waals surface area (Å²) in [6.07, 6.45) is 2.04. The molecule has 0 bridgehead atoms. The molecule has 4 nitrogen and oxygen atoms in total. The Bertz CT molecular complexity index is 432. The molecule has 0 aliphatic heterocycles. The van der Waals surface area contributed by atoms with E-state index >= 15 is 0 Å². The van der Waals surface area contributed by atoms with Crippen LogP contribution in [-0.4, -0.2) is 30.4 Å². The van der Waals surface area contributed by atoms with E-state index in [1.54, 1.807) is 0 Å². The average Bonchev–Trinajstić information content (AvgIpc) is 2.41. The molecular weight excluding hydrogens is 262 g/mol. The molecule has 0 spiro atoms. The number of anilines is 1. The number of rotatable bonds is 9. The lowest BCUT2D eigenvalue weighted by Crippen LogP contribution is -2.38. The number of nitrogens with one attached hydrogen (secondary N) is 1. The minimum atomic E-state index is 0.0959. The third-order valence-electron chi connectivity index (χ3n) is 3.40. The first-order valence-electron chi connectivity index (χ1n) is 7.85. The lowest BCUT2D eigenvalue weighted by Gasteiger charge is -2.22. The van der Waals surface area contributed by atoms with E-state index in [1.165, 1.54) is 0 Å². The Morgan fingerprint density at radius 2 is 2.05 bits per heavy atom. The third-order valence-corrected chi connectivity index (χ3v) is 3.40. The van der Waals surface area contributed by atoms with Gasteiger partial charge in [0.05, 0.1) is 6.54 Å². The van der Waals surface area contributed by atoms with Crippen LogP contribution in [0.3, 0.4) is 0 Å². The number of hydrogen-bond donors (Lipinski definition) is 2. The van der Waals surface area contributed by atoms with Crippen LogP contribution >= 0.6 is 0 Å². The van der Waals surface area contributed by atoms with Crippen molar-refractivity contribution < 1.29 is 4.79 Å². The van der Waals surface area contributed by atoms with E-state index in [-0.39, 0.29) is 5.91 Å². The fourth-order valence-electron chi connectivity index (χ4n) is 2.21. The van der Waals surface area contributed by atoms with Gasteiger partial charge in [-0.25, -0.2) is 0 Å². The number of amides is 1. The largest absolute Gasteiger partial charge is 0.398 e. The Labute approximate surface area is 128 Å². The van der Waals surface area contributed by atoms with Crippen molar-refractivity contribution >= 4 is 11.6 Å². The predicted molar refractivity (Wildman–Crippen MR) is 88.9 cm³/mol. The zero-order valence-electron chi connectivity index (χ0n) is 13.6. The van der Waals surface area contributed by atoms with E-state index in [0.717, 1.165) is 43.7 Å². The molecular formula is C17H29N3O. The molecule has 0 radical (unpaired) electrons. The summed E-state index contributed by atoms with van der Waals surface area (Å²) in [5.74, 6) is 0.708. The van der Waals surface area contributed by atoms with Gasteiger partial charge in [0, 0.05) is 18.8 Å². The Kier molecular flexibility index (Phi) is 7.83. The van der Waals surface area contributed by atoms with Gasteiger partial charge in [0.1, 0.15) is 0 Å². The second kappa shape index (κ2) is 9.40. The van der Waals surface area contributed by atoms with Crippen LogP contribution in [0.25, 0.3) is 0 Å². The average molecular weight is 291 g/mol. The number of nitrogen functional groups attached to an aromatic ring is 1. The monoisotopic (exact) mass is 291 g/mol. The van der Waals surface area contributed by atoms with Crippen LogP contribution in [0, 0.1) is 5.92 Å². The van der Waals surface area contributed by atoms with Crippen molar-refractivity contribution in [2.75, 3.05) is 25.4 Å². The second-order valence-corrected chi connectivity index (χ2v) is 5.94. The normalized spacial score (nSPS) is 11.1. The highest BCUT2D eigenvalue weighted by atomic mass is 16.2. The fourth-order valence-corrected chi connectivity index (χ4v) is 2.21. The van der Waals surface area contributed by atoms with Crippen molar-refractivity contribution in [2.24, 2.45) is 5.92 Å². The van der Waals surface area contributed by atoms with Gasteiger partial charge in [-0.15, -0.1) is 0 Å². The van der Waals surface area contributed by atoms with Gasteiger partial charge in [-0.05, 0) is 36.9 Å². The fraction of sp³-hybridized carbons (Fsp3) is 0.588. The lowest BCUT2D eigenvalue weighted by molar-refractivity contribution is -0.122. The molecule has 1 amide bonds. The summed E-state index contributed by atoms with van der Waals surface area (Å²) in [6, 6.07) is 7.84. The maximum absolute atomic E-state index is 12.0. The quantitative estimate of drug-likeness (QED) is 0.688. The predicted octanol–water partition coefficient (Wildman–Crippen LogP) is 2.64. The Balaban J connectivity index is 2.49. The first kappa shape index (κ1) is 17.5. The highest BCUT2D eigenvalue weighted by Gasteiger charge is 2.11. The smallest absolute Gasteiger partial charge is 0.234 e. The number of para-hydroxylation sites is 1. The summed E-state index contributed by atoms with van der Waals surface area (Å²) in [4.78, 5) is 14.2. The summed E-state index contributed by atoms with van der Waals surface area (Å²) in [5.41, 5.74) is 7.86. The van der Waals surface area contributed by atoms with E-state index < -0.39 is 0 Å². The van der Waals surface area contributed by atoms with Crippen molar-refractivity contribution in [3.63, 3.8) is 0 Å². The van der Waals surface area contributed by atoms with Crippen LogP contribution < -0.4 is 11.1 Å². The Morgan fingerprint density at radius 3 is 2.67 bits per heavy atom. The van der Waals surface area contributed by atoms with E-state index in [2.05, 4.69) is 31.0 Å². The molecule has 0 aliphatic rings. The van der Waals surface area contributed by atoms with Gasteiger partial charge in [0.2, 0.25) is 5.91 Å². The molecule has 1 aromatic carbocycles. The van der Waals surface area contributed by atoms with Crippen LogP contribution in [-0.2, 0) is 11.3 Å². The van der Waals surface area contributed by atoms with Crippen LogP contribution in [0.5, 0.6) is 0 Å². The molecule has 0 saturated carbocycles. The maximum atomic E-state index is 12.0. The minimum Gasteiger partial charge on any atom is -0.398 e. The van der Waals surface area contributed by atoms with Gasteiger partial charge < -0.3 is 11.1 Å². The zero-order valence-corrected chi connectivity index (χ0v) is 13.6. The summed E-state index contributed by atoms with van der Waals surface area (Å²) in [6.45, 7) is 9.24. The number of carbonyl (C=O) groups excluding carboxylic acids is 1. The number of benzene rings is 1. The van der Waals surface area contributed by atoms with Crippen molar-refractivity contribution in [2.45, 2.75) is 40.2 Å². The van der Waals surface area contributed by atoms with Gasteiger partial charge in [0.25, 0.3) is 0 Å². The Hall–Kier alpha value is -1.55. The maximum Gasteiger partial charge on any atom is 0.234 e. The zero-order chi connectivity index (χ0) is 15.7. The lowest BCUT2D eigenvalue weighted by atomic mass is 10.1. The van der Waals surface area contributed by atoms with Crippen LogP contribution in [0.2, 0.25) is 0 Å².